The highest BCUT2D eigenvalue weighted by atomic mass is 16.5. The fourth-order valence-electron chi connectivity index (χ4n) is 4.66. The van der Waals surface area contributed by atoms with Crippen LogP contribution in [0.5, 0.6) is 17.2 Å². The maximum Gasteiger partial charge on any atom is 0.262 e. The van der Waals surface area contributed by atoms with Crippen molar-refractivity contribution in [1.82, 2.24) is 9.80 Å². The number of nitrogens with zero attached hydrogens (tertiary/aromatic N) is 3. The molecule has 2 aliphatic heterocycles. The Morgan fingerprint density at radius 3 is 2.66 bits per heavy atom. The molecular weight excluding hydrogens is 442 g/mol. The van der Waals surface area contributed by atoms with Gasteiger partial charge in [-0.25, -0.2) is 0 Å². The SMILES string of the molecule is CN1CC[C@H](Oc2ccc3c(c2)CN(C(=O)c2c(O)cc(C#N)cc2OCc2ccccc2)C3)C1. The van der Waals surface area contributed by atoms with E-state index in [9.17, 15) is 15.2 Å². The lowest BCUT2D eigenvalue weighted by Crippen LogP contribution is -2.26. The second-order valence-electron chi connectivity index (χ2n) is 9.14. The van der Waals surface area contributed by atoms with Crippen LogP contribution in [0.25, 0.3) is 0 Å². The Hall–Kier alpha value is -4.02. The van der Waals surface area contributed by atoms with Crippen molar-refractivity contribution in [3.63, 3.8) is 0 Å². The molecule has 0 spiro atoms. The highest BCUT2D eigenvalue weighted by Gasteiger charge is 2.30. The van der Waals surface area contributed by atoms with Gasteiger partial charge in [0.25, 0.3) is 5.91 Å². The zero-order valence-electron chi connectivity index (χ0n) is 19.6. The average Bonchev–Trinajstić information content (AvgIpc) is 3.48. The summed E-state index contributed by atoms with van der Waals surface area (Å²) in [7, 11) is 2.09. The van der Waals surface area contributed by atoms with E-state index in [1.54, 1.807) is 4.90 Å². The van der Waals surface area contributed by atoms with Crippen LogP contribution in [0, 0.1) is 11.3 Å². The van der Waals surface area contributed by atoms with Crippen molar-refractivity contribution in [3.8, 4) is 23.3 Å². The summed E-state index contributed by atoms with van der Waals surface area (Å²) < 4.78 is 12.1. The summed E-state index contributed by atoms with van der Waals surface area (Å²) in [4.78, 5) is 17.5. The number of nitriles is 1. The molecule has 1 amide bonds. The number of likely N-dealkylation sites (N-methyl/N-ethyl adjacent to an activating group) is 1. The van der Waals surface area contributed by atoms with Crippen LogP contribution in [0.3, 0.4) is 0 Å². The monoisotopic (exact) mass is 469 g/mol. The molecule has 1 fully saturated rings. The highest BCUT2D eigenvalue weighted by Crippen LogP contribution is 2.35. The number of hydrogen-bond donors (Lipinski definition) is 1. The van der Waals surface area contributed by atoms with E-state index in [-0.39, 0.29) is 41.2 Å². The van der Waals surface area contributed by atoms with Crippen LogP contribution in [-0.4, -0.2) is 47.1 Å². The van der Waals surface area contributed by atoms with Crippen molar-refractivity contribution in [1.29, 1.82) is 5.26 Å². The lowest BCUT2D eigenvalue weighted by atomic mass is 10.1. The molecule has 3 aromatic rings. The van der Waals surface area contributed by atoms with Crippen molar-refractivity contribution in [2.24, 2.45) is 0 Å². The zero-order chi connectivity index (χ0) is 24.4. The maximum absolute atomic E-state index is 13.5. The van der Waals surface area contributed by atoms with Gasteiger partial charge in [0.15, 0.2) is 0 Å². The minimum absolute atomic E-state index is 0.0678. The third-order valence-electron chi connectivity index (χ3n) is 6.50. The smallest absolute Gasteiger partial charge is 0.262 e. The third kappa shape index (κ3) is 4.93. The van der Waals surface area contributed by atoms with E-state index in [4.69, 9.17) is 9.47 Å². The number of hydrogen-bond acceptors (Lipinski definition) is 6. The van der Waals surface area contributed by atoms with Crippen molar-refractivity contribution >= 4 is 5.91 Å². The molecule has 0 unspecified atom stereocenters. The molecule has 0 radical (unpaired) electrons. The molecule has 0 bridgehead atoms. The van der Waals surface area contributed by atoms with Gasteiger partial charge in [-0.15, -0.1) is 0 Å². The molecule has 0 aromatic heterocycles. The van der Waals surface area contributed by atoms with Gasteiger partial charge in [0, 0.05) is 26.2 Å². The summed E-state index contributed by atoms with van der Waals surface area (Å²) in [6.07, 6.45) is 1.18. The first kappa shape index (κ1) is 22.8. The fraction of sp³-hybridized carbons (Fsp3) is 0.286. The second-order valence-corrected chi connectivity index (χ2v) is 9.14. The molecule has 0 aliphatic carbocycles. The quantitative estimate of drug-likeness (QED) is 0.586. The number of fused-ring (bicyclic) bond motifs is 1. The minimum atomic E-state index is -0.342. The van der Waals surface area contributed by atoms with Gasteiger partial charge in [-0.3, -0.25) is 4.79 Å². The first-order valence-corrected chi connectivity index (χ1v) is 11.7. The van der Waals surface area contributed by atoms with E-state index in [0.717, 1.165) is 42.0 Å². The van der Waals surface area contributed by atoms with Crippen molar-refractivity contribution in [2.45, 2.75) is 32.2 Å². The number of amides is 1. The van der Waals surface area contributed by atoms with Gasteiger partial charge in [0.1, 0.15) is 35.5 Å². The molecule has 35 heavy (non-hydrogen) atoms. The molecule has 0 saturated carbocycles. The number of benzene rings is 3. The van der Waals surface area contributed by atoms with Gasteiger partial charge in [-0.2, -0.15) is 5.26 Å². The lowest BCUT2D eigenvalue weighted by Gasteiger charge is -2.19. The Bertz CT molecular complexity index is 1290. The Morgan fingerprint density at radius 1 is 1.11 bits per heavy atom. The number of aromatic hydroxyl groups is 1. The molecule has 7 nitrogen and oxygen atoms in total. The normalized spacial score (nSPS) is 17.1. The van der Waals surface area contributed by atoms with Crippen LogP contribution >= 0.6 is 0 Å². The van der Waals surface area contributed by atoms with Gasteiger partial charge in [-0.05, 0) is 54.4 Å². The molecule has 1 saturated heterocycles. The van der Waals surface area contributed by atoms with Crippen LogP contribution in [0.4, 0.5) is 0 Å². The molecule has 7 heteroatoms. The molecule has 5 rings (SSSR count). The molecular formula is C28H27N3O4. The Kier molecular flexibility index (Phi) is 6.30. The van der Waals surface area contributed by atoms with Crippen LogP contribution in [0.2, 0.25) is 0 Å². The fourth-order valence-corrected chi connectivity index (χ4v) is 4.66. The first-order chi connectivity index (χ1) is 17.0. The Balaban J connectivity index is 1.34. The maximum atomic E-state index is 13.5. The van der Waals surface area contributed by atoms with Crippen LogP contribution in [0.1, 0.15) is 39.0 Å². The average molecular weight is 470 g/mol. The third-order valence-corrected chi connectivity index (χ3v) is 6.50. The number of phenols is 1. The summed E-state index contributed by atoms with van der Waals surface area (Å²) in [5.74, 6) is 0.403. The summed E-state index contributed by atoms with van der Waals surface area (Å²) in [5, 5.41) is 20.0. The van der Waals surface area contributed by atoms with Gasteiger partial charge >= 0.3 is 0 Å². The summed E-state index contributed by atoms with van der Waals surface area (Å²) in [6.45, 7) is 2.99. The highest BCUT2D eigenvalue weighted by molar-refractivity contribution is 6.00. The van der Waals surface area contributed by atoms with Crippen molar-refractivity contribution in [3.05, 3.63) is 88.5 Å². The summed E-state index contributed by atoms with van der Waals surface area (Å²) in [6, 6.07) is 20.3. The molecule has 2 aliphatic rings. The number of carbonyl (C=O) groups excluding carboxylic acids is 1. The molecule has 1 atom stereocenters. The molecule has 2 heterocycles. The summed E-state index contributed by atoms with van der Waals surface area (Å²) in [5.41, 5.74) is 3.29. The number of rotatable bonds is 6. The lowest BCUT2D eigenvalue weighted by molar-refractivity contribution is 0.0743. The van der Waals surface area contributed by atoms with Gasteiger partial charge in [0.05, 0.1) is 11.6 Å². The van der Waals surface area contributed by atoms with Gasteiger partial charge < -0.3 is 24.4 Å². The van der Waals surface area contributed by atoms with Crippen LogP contribution in [-0.2, 0) is 19.7 Å². The van der Waals surface area contributed by atoms with Crippen molar-refractivity contribution in [2.75, 3.05) is 20.1 Å². The van der Waals surface area contributed by atoms with Gasteiger partial charge in [0.2, 0.25) is 0 Å². The number of phenolic OH excluding ortho intramolecular Hbond substituents is 1. The predicted molar refractivity (Wildman–Crippen MR) is 130 cm³/mol. The van der Waals surface area contributed by atoms with E-state index in [1.165, 1.54) is 12.1 Å². The van der Waals surface area contributed by atoms with Crippen LogP contribution < -0.4 is 9.47 Å². The minimum Gasteiger partial charge on any atom is -0.507 e. The number of carbonyl (C=O) groups is 1. The zero-order valence-corrected chi connectivity index (χ0v) is 19.6. The summed E-state index contributed by atoms with van der Waals surface area (Å²) >= 11 is 0. The predicted octanol–water partition coefficient (Wildman–Crippen LogP) is 4.08. The van der Waals surface area contributed by atoms with E-state index >= 15 is 0 Å². The van der Waals surface area contributed by atoms with Crippen molar-refractivity contribution < 1.29 is 19.4 Å². The topological polar surface area (TPSA) is 86.0 Å². The molecule has 178 valence electrons. The standard InChI is InChI=1S/C28H27N3O4/c1-30-10-9-24(17-30)35-23-8-7-21-15-31(16-22(21)13-23)28(33)27-25(32)11-20(14-29)12-26(27)34-18-19-5-3-2-4-6-19/h2-8,11-13,24,32H,9-10,15-18H2,1H3/t24-/m0/s1. The molecule has 3 aromatic carbocycles. The van der Waals surface area contributed by atoms with E-state index in [0.29, 0.717) is 13.1 Å². The van der Waals surface area contributed by atoms with Crippen LogP contribution in [0.15, 0.2) is 60.7 Å². The Labute approximate surface area is 204 Å². The Morgan fingerprint density at radius 2 is 1.91 bits per heavy atom. The van der Waals surface area contributed by atoms with Gasteiger partial charge in [-0.1, -0.05) is 36.4 Å². The largest absolute Gasteiger partial charge is 0.507 e. The van der Waals surface area contributed by atoms with E-state index in [1.807, 2.05) is 54.6 Å². The first-order valence-electron chi connectivity index (χ1n) is 11.7. The number of likely N-dealkylation sites (tertiary alicyclic amines) is 1. The number of ether oxygens (including phenoxy) is 2. The van der Waals surface area contributed by atoms with E-state index < -0.39 is 0 Å². The van der Waals surface area contributed by atoms with E-state index in [2.05, 4.69) is 11.9 Å². The molecule has 1 N–H and O–H groups in total. The second kappa shape index (κ2) is 9.69.